The largest absolute Gasteiger partial charge is 0.316 e. The monoisotopic (exact) mass is 258 g/mol. The fourth-order valence-corrected chi connectivity index (χ4v) is 3.49. The maximum absolute atomic E-state index is 4.53. The molecular weight excluding hydrogens is 240 g/mol. The van der Waals surface area contributed by atoms with Gasteiger partial charge in [0, 0.05) is 23.8 Å². The number of aromatic nitrogens is 1. The van der Waals surface area contributed by atoms with Crippen molar-refractivity contribution in [1.82, 2.24) is 10.3 Å². The lowest BCUT2D eigenvalue weighted by molar-refractivity contribution is 0.399. The van der Waals surface area contributed by atoms with Crippen LogP contribution in [0.1, 0.15) is 35.1 Å². The Morgan fingerprint density at radius 1 is 1.33 bits per heavy atom. The Labute approximate surface area is 112 Å². The van der Waals surface area contributed by atoms with Gasteiger partial charge in [0.15, 0.2) is 0 Å². The van der Waals surface area contributed by atoms with Crippen LogP contribution in [0.2, 0.25) is 0 Å². The summed E-state index contributed by atoms with van der Waals surface area (Å²) in [7, 11) is 0. The number of nitrogens with one attached hydrogen (secondary N) is 1. The van der Waals surface area contributed by atoms with Gasteiger partial charge < -0.3 is 5.32 Å². The summed E-state index contributed by atoms with van der Waals surface area (Å²) >= 11 is 1.70. The standard InChI is InChI=1S/C15H18N2S/c1-11-3-2-4-12(7-11)14-8-16-6-5-13(14)15-9-18-10-17-15/h2-4,7,9-10,13-14,16H,5-6,8H2,1H3. The van der Waals surface area contributed by atoms with Gasteiger partial charge in [0.2, 0.25) is 0 Å². The smallest absolute Gasteiger partial charge is 0.0794 e. The maximum Gasteiger partial charge on any atom is 0.0794 e. The van der Waals surface area contributed by atoms with Gasteiger partial charge in [-0.25, -0.2) is 4.98 Å². The highest BCUT2D eigenvalue weighted by Crippen LogP contribution is 2.37. The van der Waals surface area contributed by atoms with Gasteiger partial charge in [0.05, 0.1) is 11.2 Å². The van der Waals surface area contributed by atoms with E-state index in [2.05, 4.69) is 46.9 Å². The minimum absolute atomic E-state index is 0.556. The molecule has 1 fully saturated rings. The normalized spacial score (nSPS) is 24.1. The third kappa shape index (κ3) is 2.33. The van der Waals surface area contributed by atoms with E-state index in [1.807, 2.05) is 5.51 Å². The van der Waals surface area contributed by atoms with Crippen molar-refractivity contribution in [3.8, 4) is 0 Å². The molecule has 1 N–H and O–H groups in total. The predicted octanol–water partition coefficient (Wildman–Crippen LogP) is 3.31. The van der Waals surface area contributed by atoms with E-state index in [-0.39, 0.29) is 0 Å². The topological polar surface area (TPSA) is 24.9 Å². The molecule has 0 spiro atoms. The van der Waals surface area contributed by atoms with E-state index in [0.29, 0.717) is 11.8 Å². The minimum Gasteiger partial charge on any atom is -0.316 e. The van der Waals surface area contributed by atoms with Crippen LogP contribution >= 0.6 is 11.3 Å². The molecule has 0 amide bonds. The van der Waals surface area contributed by atoms with Crippen LogP contribution < -0.4 is 5.32 Å². The molecule has 0 aliphatic carbocycles. The SMILES string of the molecule is Cc1cccc(C2CNCCC2c2cscn2)c1. The highest BCUT2D eigenvalue weighted by molar-refractivity contribution is 7.07. The zero-order chi connectivity index (χ0) is 12.4. The van der Waals surface area contributed by atoms with Crippen LogP contribution in [0, 0.1) is 6.92 Å². The van der Waals surface area contributed by atoms with Crippen LogP contribution in [0.5, 0.6) is 0 Å². The first-order valence-electron chi connectivity index (χ1n) is 6.50. The van der Waals surface area contributed by atoms with Gasteiger partial charge >= 0.3 is 0 Å². The van der Waals surface area contributed by atoms with Crippen molar-refractivity contribution in [2.45, 2.75) is 25.2 Å². The lowest BCUT2D eigenvalue weighted by Crippen LogP contribution is -2.34. The van der Waals surface area contributed by atoms with Crippen molar-refractivity contribution in [3.63, 3.8) is 0 Å². The van der Waals surface area contributed by atoms with Crippen molar-refractivity contribution >= 4 is 11.3 Å². The third-order valence-corrected chi connectivity index (χ3v) is 4.39. The fourth-order valence-electron chi connectivity index (χ4n) is 2.87. The van der Waals surface area contributed by atoms with Gasteiger partial charge in [0.1, 0.15) is 0 Å². The Hall–Kier alpha value is -1.19. The van der Waals surface area contributed by atoms with Gasteiger partial charge in [-0.2, -0.15) is 0 Å². The van der Waals surface area contributed by atoms with Gasteiger partial charge in [-0.15, -0.1) is 11.3 Å². The summed E-state index contributed by atoms with van der Waals surface area (Å²) in [5.41, 5.74) is 6.01. The van der Waals surface area contributed by atoms with E-state index < -0.39 is 0 Å². The van der Waals surface area contributed by atoms with Crippen LogP contribution in [-0.4, -0.2) is 18.1 Å². The highest BCUT2D eigenvalue weighted by Gasteiger charge is 2.28. The van der Waals surface area contributed by atoms with E-state index >= 15 is 0 Å². The summed E-state index contributed by atoms with van der Waals surface area (Å²) in [5.74, 6) is 1.13. The second kappa shape index (κ2) is 5.21. The molecule has 2 nitrogen and oxygen atoms in total. The molecule has 1 saturated heterocycles. The Balaban J connectivity index is 1.93. The maximum atomic E-state index is 4.53. The number of hydrogen-bond acceptors (Lipinski definition) is 3. The first kappa shape index (κ1) is 11.9. The Bertz CT molecular complexity index is 507. The Kier molecular flexibility index (Phi) is 3.43. The van der Waals surface area contributed by atoms with Crippen molar-refractivity contribution in [1.29, 1.82) is 0 Å². The summed E-state index contributed by atoms with van der Waals surface area (Å²) in [5, 5.41) is 5.73. The Morgan fingerprint density at radius 2 is 2.28 bits per heavy atom. The quantitative estimate of drug-likeness (QED) is 0.894. The van der Waals surface area contributed by atoms with Crippen molar-refractivity contribution in [3.05, 3.63) is 52.0 Å². The third-order valence-electron chi connectivity index (χ3n) is 3.78. The van der Waals surface area contributed by atoms with Crippen LogP contribution in [0.4, 0.5) is 0 Å². The summed E-state index contributed by atoms with van der Waals surface area (Å²) in [6, 6.07) is 8.90. The van der Waals surface area contributed by atoms with E-state index in [4.69, 9.17) is 0 Å². The average molecular weight is 258 g/mol. The number of aryl methyl sites for hydroxylation is 1. The van der Waals surface area contributed by atoms with Gasteiger partial charge in [-0.1, -0.05) is 29.8 Å². The number of thiazole rings is 1. The summed E-state index contributed by atoms with van der Waals surface area (Å²) in [6.07, 6.45) is 1.18. The molecule has 2 aromatic rings. The first-order chi connectivity index (χ1) is 8.84. The fraction of sp³-hybridized carbons (Fsp3) is 0.400. The molecule has 1 aliphatic rings. The molecular formula is C15H18N2S. The van der Waals surface area contributed by atoms with Gasteiger partial charge in [-0.05, 0) is 25.5 Å². The molecule has 1 aliphatic heterocycles. The highest BCUT2D eigenvalue weighted by atomic mass is 32.1. The molecule has 1 aromatic heterocycles. The number of nitrogens with zero attached hydrogens (tertiary/aromatic N) is 1. The summed E-state index contributed by atoms with van der Waals surface area (Å²) in [4.78, 5) is 4.53. The van der Waals surface area contributed by atoms with Gasteiger partial charge in [-0.3, -0.25) is 0 Å². The van der Waals surface area contributed by atoms with Crippen molar-refractivity contribution in [2.24, 2.45) is 0 Å². The van der Waals surface area contributed by atoms with E-state index in [1.165, 1.54) is 23.2 Å². The van der Waals surface area contributed by atoms with E-state index in [9.17, 15) is 0 Å². The van der Waals surface area contributed by atoms with Crippen LogP contribution in [0.15, 0.2) is 35.2 Å². The summed E-state index contributed by atoms with van der Waals surface area (Å²) in [6.45, 7) is 4.33. The molecule has 18 heavy (non-hydrogen) atoms. The van der Waals surface area contributed by atoms with E-state index in [1.54, 1.807) is 11.3 Å². The summed E-state index contributed by atoms with van der Waals surface area (Å²) < 4.78 is 0. The van der Waals surface area contributed by atoms with Crippen molar-refractivity contribution < 1.29 is 0 Å². The molecule has 2 heterocycles. The zero-order valence-corrected chi connectivity index (χ0v) is 11.4. The Morgan fingerprint density at radius 3 is 3.06 bits per heavy atom. The lowest BCUT2D eigenvalue weighted by Gasteiger charge is -2.31. The molecule has 1 aromatic carbocycles. The number of hydrogen-bond donors (Lipinski definition) is 1. The first-order valence-corrected chi connectivity index (χ1v) is 7.44. The molecule has 0 bridgehead atoms. The van der Waals surface area contributed by atoms with Gasteiger partial charge in [0.25, 0.3) is 0 Å². The minimum atomic E-state index is 0.556. The van der Waals surface area contributed by atoms with Crippen LogP contribution in [0.3, 0.4) is 0 Å². The average Bonchev–Trinajstić information content (AvgIpc) is 2.92. The second-order valence-electron chi connectivity index (χ2n) is 5.03. The zero-order valence-electron chi connectivity index (χ0n) is 10.6. The predicted molar refractivity (Wildman–Crippen MR) is 76.3 cm³/mol. The lowest BCUT2D eigenvalue weighted by atomic mass is 9.79. The number of piperidine rings is 1. The number of benzene rings is 1. The molecule has 3 heteroatoms. The molecule has 2 atom stereocenters. The van der Waals surface area contributed by atoms with Crippen LogP contribution in [0.25, 0.3) is 0 Å². The molecule has 2 unspecified atom stereocenters. The second-order valence-corrected chi connectivity index (χ2v) is 5.75. The molecule has 0 radical (unpaired) electrons. The van der Waals surface area contributed by atoms with Crippen molar-refractivity contribution in [2.75, 3.05) is 13.1 Å². The molecule has 94 valence electrons. The molecule has 3 rings (SSSR count). The molecule has 0 saturated carbocycles. The number of rotatable bonds is 2. The van der Waals surface area contributed by atoms with E-state index in [0.717, 1.165) is 13.1 Å². The van der Waals surface area contributed by atoms with Crippen LogP contribution in [-0.2, 0) is 0 Å².